The van der Waals surface area contributed by atoms with E-state index in [-0.39, 0.29) is 50.2 Å². The predicted molar refractivity (Wildman–Crippen MR) is 136 cm³/mol. The molecular formula is C26H38N2O2PY+. The normalized spacial score (nSPS) is 12.0. The topological polar surface area (TPSA) is 58.2 Å². The van der Waals surface area contributed by atoms with Gasteiger partial charge in [0.05, 0.1) is 12.3 Å². The van der Waals surface area contributed by atoms with Crippen molar-refractivity contribution in [1.29, 1.82) is 0 Å². The molecule has 6 heteroatoms. The molecule has 4 nitrogen and oxygen atoms in total. The summed E-state index contributed by atoms with van der Waals surface area (Å²) in [6, 6.07) is 10.2. The van der Waals surface area contributed by atoms with Gasteiger partial charge in [-0.3, -0.25) is 9.59 Å². The van der Waals surface area contributed by atoms with Crippen LogP contribution in [0.25, 0.3) is 0 Å². The summed E-state index contributed by atoms with van der Waals surface area (Å²) in [7, 11) is -1.83. The maximum absolute atomic E-state index is 13.3. The predicted octanol–water partition coefficient (Wildman–Crippen LogP) is 6.25. The van der Waals surface area contributed by atoms with Crippen LogP contribution in [-0.4, -0.2) is 36.0 Å². The van der Waals surface area contributed by atoms with Crippen LogP contribution < -0.4 is 10.6 Å². The summed E-state index contributed by atoms with van der Waals surface area (Å²) in [5, 5.41) is 6.31. The summed E-state index contributed by atoms with van der Waals surface area (Å²) in [6.07, 6.45) is 2.16. The van der Waals surface area contributed by atoms with E-state index in [0.29, 0.717) is 6.16 Å². The minimum atomic E-state index is -1.83. The second-order valence-electron chi connectivity index (χ2n) is 8.76. The average Bonchev–Trinajstić information content (AvgIpc) is 2.71. The van der Waals surface area contributed by atoms with Crippen molar-refractivity contribution in [2.45, 2.75) is 61.0 Å². The van der Waals surface area contributed by atoms with E-state index < -0.39 is 7.26 Å². The standard InChI is InChI=1S/C26H37N2O2P.Y/c1-9-31(10-2,16-23(29)27-24-18(4)12-11-13-19(24)5)22(8)26(30)28-25-20(6)14-17(3)15-21(25)7;/h11-15,22H,9-10,16H2,1-8H3,(H-,27,28,29,30);/p+1. The van der Waals surface area contributed by atoms with E-state index in [1.165, 1.54) is 5.56 Å². The van der Waals surface area contributed by atoms with Crippen LogP contribution in [0, 0.1) is 34.6 Å². The molecule has 2 rings (SSSR count). The minimum Gasteiger partial charge on any atom is -0.322 e. The number of carbonyl (C=O) groups is 2. The first-order valence-electron chi connectivity index (χ1n) is 11.1. The summed E-state index contributed by atoms with van der Waals surface area (Å²) in [6.45, 7) is 16.4. The first-order chi connectivity index (χ1) is 14.5. The fourth-order valence-electron chi connectivity index (χ4n) is 4.46. The zero-order valence-electron chi connectivity index (χ0n) is 20.9. The molecule has 1 unspecified atom stereocenters. The molecule has 0 bridgehead atoms. The van der Waals surface area contributed by atoms with Crippen molar-refractivity contribution in [1.82, 2.24) is 0 Å². The van der Waals surface area contributed by atoms with Crippen LogP contribution in [-0.2, 0) is 42.3 Å². The van der Waals surface area contributed by atoms with Crippen molar-refractivity contribution >= 4 is 30.5 Å². The summed E-state index contributed by atoms with van der Waals surface area (Å²) in [5.41, 5.74) is 7.04. The van der Waals surface area contributed by atoms with Gasteiger partial charge in [0.15, 0.2) is 0 Å². The fraction of sp³-hybridized carbons (Fsp3) is 0.462. The molecule has 0 aliphatic heterocycles. The molecule has 0 heterocycles. The molecule has 2 aromatic rings. The fourth-order valence-corrected chi connectivity index (χ4v) is 7.94. The van der Waals surface area contributed by atoms with Gasteiger partial charge in [-0.1, -0.05) is 35.9 Å². The second kappa shape index (κ2) is 12.4. The van der Waals surface area contributed by atoms with E-state index in [2.05, 4.69) is 43.5 Å². The number of benzene rings is 2. The third-order valence-electron chi connectivity index (χ3n) is 6.59. The Morgan fingerprint density at radius 1 is 0.844 bits per heavy atom. The molecule has 0 saturated carbocycles. The van der Waals surface area contributed by atoms with Gasteiger partial charge in [-0.2, -0.15) is 0 Å². The summed E-state index contributed by atoms with van der Waals surface area (Å²) < 4.78 is 0. The van der Waals surface area contributed by atoms with Gasteiger partial charge in [-0.05, 0) is 77.6 Å². The monoisotopic (exact) mass is 530 g/mol. The second-order valence-corrected chi connectivity index (χ2v) is 13.6. The van der Waals surface area contributed by atoms with Gasteiger partial charge in [0.1, 0.15) is 11.8 Å². The van der Waals surface area contributed by atoms with E-state index in [1.54, 1.807) is 0 Å². The van der Waals surface area contributed by atoms with Gasteiger partial charge in [0.2, 0.25) is 0 Å². The van der Waals surface area contributed by atoms with E-state index in [1.807, 2.05) is 52.8 Å². The van der Waals surface area contributed by atoms with Crippen LogP contribution in [0.15, 0.2) is 30.3 Å². The smallest absolute Gasteiger partial charge is 0.264 e. The molecule has 1 atom stereocenters. The van der Waals surface area contributed by atoms with Crippen LogP contribution >= 0.6 is 7.26 Å². The molecule has 1 radical (unpaired) electrons. The van der Waals surface area contributed by atoms with Crippen molar-refractivity contribution in [3.63, 3.8) is 0 Å². The van der Waals surface area contributed by atoms with E-state index >= 15 is 0 Å². The van der Waals surface area contributed by atoms with Gasteiger partial charge in [-0.25, -0.2) is 0 Å². The molecule has 0 saturated heterocycles. The molecule has 2 aromatic carbocycles. The van der Waals surface area contributed by atoms with Crippen molar-refractivity contribution in [2.24, 2.45) is 0 Å². The van der Waals surface area contributed by atoms with E-state index in [0.717, 1.165) is 46.0 Å². The summed E-state index contributed by atoms with van der Waals surface area (Å²) in [5.74, 6) is 0.0312. The van der Waals surface area contributed by atoms with Crippen LogP contribution in [0.4, 0.5) is 11.4 Å². The maximum atomic E-state index is 13.3. The Labute approximate surface area is 219 Å². The number of amides is 2. The zero-order chi connectivity index (χ0) is 23.3. The third kappa shape index (κ3) is 6.72. The number of aryl methyl sites for hydroxylation is 5. The molecule has 2 amide bonds. The first kappa shape index (κ1) is 28.9. The van der Waals surface area contributed by atoms with Gasteiger partial charge in [0.25, 0.3) is 11.8 Å². The zero-order valence-corrected chi connectivity index (χ0v) is 24.7. The number of anilines is 2. The molecule has 0 aromatic heterocycles. The summed E-state index contributed by atoms with van der Waals surface area (Å²) >= 11 is 0. The number of rotatable bonds is 8. The Morgan fingerprint density at radius 3 is 1.78 bits per heavy atom. The summed E-state index contributed by atoms with van der Waals surface area (Å²) in [4.78, 5) is 26.4. The van der Waals surface area contributed by atoms with Crippen LogP contribution in [0.1, 0.15) is 48.6 Å². The van der Waals surface area contributed by atoms with Gasteiger partial charge < -0.3 is 10.6 Å². The number of carbonyl (C=O) groups excluding carboxylic acids is 2. The molecule has 0 fully saturated rings. The van der Waals surface area contributed by atoms with E-state index in [4.69, 9.17) is 0 Å². The van der Waals surface area contributed by atoms with Gasteiger partial charge >= 0.3 is 0 Å². The molecule has 2 N–H and O–H groups in total. The van der Waals surface area contributed by atoms with Gasteiger partial charge in [0, 0.05) is 51.3 Å². The van der Waals surface area contributed by atoms with Crippen LogP contribution in [0.5, 0.6) is 0 Å². The maximum Gasteiger partial charge on any atom is 0.264 e. The Balaban J connectivity index is 0.00000512. The number of nitrogens with one attached hydrogen (secondary N) is 2. The van der Waals surface area contributed by atoms with Crippen LogP contribution in [0.3, 0.4) is 0 Å². The quantitative estimate of drug-likeness (QED) is 0.397. The molecular weight excluding hydrogens is 492 g/mol. The Kier molecular flexibility index (Phi) is 11.2. The molecule has 0 spiro atoms. The largest absolute Gasteiger partial charge is 0.322 e. The van der Waals surface area contributed by atoms with Crippen LogP contribution in [0.2, 0.25) is 0 Å². The minimum absolute atomic E-state index is 0. The molecule has 0 aliphatic carbocycles. The molecule has 32 heavy (non-hydrogen) atoms. The third-order valence-corrected chi connectivity index (χ3v) is 11.9. The van der Waals surface area contributed by atoms with Crippen molar-refractivity contribution in [3.8, 4) is 0 Å². The number of para-hydroxylation sites is 1. The van der Waals surface area contributed by atoms with Crippen molar-refractivity contribution in [3.05, 3.63) is 58.1 Å². The number of hydrogen-bond donors (Lipinski definition) is 2. The Morgan fingerprint density at radius 2 is 1.31 bits per heavy atom. The van der Waals surface area contributed by atoms with Crippen molar-refractivity contribution < 1.29 is 42.3 Å². The van der Waals surface area contributed by atoms with E-state index in [9.17, 15) is 9.59 Å². The van der Waals surface area contributed by atoms with Gasteiger partial charge in [-0.15, -0.1) is 0 Å². The Hall–Kier alpha value is -1.09. The SMILES string of the molecule is CC[P+](CC)(CC(=O)Nc1c(C)cccc1C)C(C)C(=O)Nc1c(C)cc(C)cc1C.[Y]. The molecule has 171 valence electrons. The number of hydrogen-bond acceptors (Lipinski definition) is 2. The molecule has 0 aliphatic rings. The van der Waals surface area contributed by atoms with Crippen molar-refractivity contribution in [2.75, 3.05) is 29.1 Å². The Bertz CT molecular complexity index is 927. The average molecular weight is 530 g/mol. The first-order valence-corrected chi connectivity index (χ1v) is 13.6.